The van der Waals surface area contributed by atoms with Gasteiger partial charge in [-0.05, 0) is 81.3 Å². The molecule has 0 radical (unpaired) electrons. The molecule has 0 aromatic carbocycles. The maximum atomic E-state index is 10.5. The molecule has 0 saturated carbocycles. The van der Waals surface area contributed by atoms with E-state index in [2.05, 4.69) is 10.6 Å². The number of hydrogen-bond donors (Lipinski definition) is 4. The Bertz CT molecular complexity index is 1110. The molecule has 12 atom stereocenters. The fraction of sp³-hybridized carbons (Fsp3) is 1.00. The van der Waals surface area contributed by atoms with E-state index in [1.807, 2.05) is 55.4 Å². The van der Waals surface area contributed by atoms with Gasteiger partial charge in [-0.15, -0.1) is 0 Å². The molecule has 320 valence electrons. The molecule has 6 heterocycles. The summed E-state index contributed by atoms with van der Waals surface area (Å²) in [7, 11) is 0. The molecular formula is C39H70N2O14. The predicted molar refractivity (Wildman–Crippen MR) is 197 cm³/mol. The molecule has 16 heteroatoms. The standard InChI is InChI=1S/C39H70N2O14/c1-36(2)48-28-26(46-34-32(30(28)50-36)52-38(5,6)54-34)22-44-20-24(42)18-40-16-14-12-10-9-11-13-15-17-41-19-25(43)21-45-23-27-29-31(51-37(3,4)49-29)33-35(47-27)55-39(7,8)53-33/h24-35,40-43H,9-23H2,1-8H3/t24?,25?,26?,27?,28-,29+,30-,31+,32+,33-,34+,35-. The lowest BCUT2D eigenvalue weighted by Crippen LogP contribution is -2.56. The molecule has 6 aliphatic rings. The molecule has 4 N–H and O–H groups in total. The SMILES string of the molecule is CC1(C)O[C@@H]2OC(COCC(O)CNCCCCCCCCCNCC(O)COCC3O[C@@H]4OC(C)(C)O[C@@H]4[C@H]4OC(C)(C)O[C@@H]34)[C@H]3OC(C)(C)O[C@H]3[C@@H]2O1. The zero-order chi connectivity index (χ0) is 39.4. The molecule has 0 bridgehead atoms. The second-order valence-corrected chi connectivity index (χ2v) is 17.7. The van der Waals surface area contributed by atoms with Gasteiger partial charge in [-0.2, -0.15) is 0 Å². The third-order valence-electron chi connectivity index (χ3n) is 10.7. The van der Waals surface area contributed by atoms with Crippen molar-refractivity contribution in [2.75, 3.05) is 52.6 Å². The van der Waals surface area contributed by atoms with Gasteiger partial charge in [0.15, 0.2) is 35.7 Å². The van der Waals surface area contributed by atoms with E-state index in [4.69, 9.17) is 56.8 Å². The zero-order valence-corrected chi connectivity index (χ0v) is 34.3. The average molecular weight is 791 g/mol. The molecule has 0 aliphatic carbocycles. The lowest BCUT2D eigenvalue weighted by atomic mass is 9.99. The van der Waals surface area contributed by atoms with Crippen molar-refractivity contribution in [1.82, 2.24) is 10.6 Å². The molecule has 6 saturated heterocycles. The molecule has 6 aliphatic heterocycles. The van der Waals surface area contributed by atoms with Crippen LogP contribution in [0.4, 0.5) is 0 Å². The molecule has 6 fully saturated rings. The van der Waals surface area contributed by atoms with Crippen LogP contribution in [-0.2, 0) is 56.8 Å². The van der Waals surface area contributed by atoms with Crippen LogP contribution >= 0.6 is 0 Å². The van der Waals surface area contributed by atoms with Crippen molar-refractivity contribution >= 4 is 0 Å². The van der Waals surface area contributed by atoms with Gasteiger partial charge < -0.3 is 77.7 Å². The molecule has 0 spiro atoms. The lowest BCUT2D eigenvalue weighted by Gasteiger charge is -2.37. The summed E-state index contributed by atoms with van der Waals surface area (Å²) in [5.41, 5.74) is 0. The lowest BCUT2D eigenvalue weighted by molar-refractivity contribution is -0.244. The van der Waals surface area contributed by atoms with E-state index >= 15 is 0 Å². The van der Waals surface area contributed by atoms with Crippen LogP contribution in [0.2, 0.25) is 0 Å². The molecule has 0 amide bonds. The molecule has 16 nitrogen and oxygen atoms in total. The Morgan fingerprint density at radius 2 is 0.782 bits per heavy atom. The summed E-state index contributed by atoms with van der Waals surface area (Å²) in [4.78, 5) is 0. The number of ether oxygens (including phenoxy) is 12. The van der Waals surface area contributed by atoms with Crippen molar-refractivity contribution in [3.05, 3.63) is 0 Å². The Balaban J connectivity index is 0.722. The highest BCUT2D eigenvalue weighted by atomic mass is 16.9. The van der Waals surface area contributed by atoms with Gasteiger partial charge in [0.25, 0.3) is 0 Å². The summed E-state index contributed by atoms with van der Waals surface area (Å²) in [6.07, 6.45) is 2.81. The van der Waals surface area contributed by atoms with Crippen molar-refractivity contribution in [1.29, 1.82) is 0 Å². The summed E-state index contributed by atoms with van der Waals surface area (Å²) in [5, 5.41) is 27.6. The van der Waals surface area contributed by atoms with Gasteiger partial charge in [-0.3, -0.25) is 0 Å². The van der Waals surface area contributed by atoms with Gasteiger partial charge in [0.1, 0.15) is 48.8 Å². The molecule has 6 rings (SSSR count). The molecule has 4 unspecified atom stereocenters. The van der Waals surface area contributed by atoms with Crippen LogP contribution in [0.5, 0.6) is 0 Å². The first-order chi connectivity index (χ1) is 26.0. The van der Waals surface area contributed by atoms with Crippen LogP contribution in [0.25, 0.3) is 0 Å². The quantitative estimate of drug-likeness (QED) is 0.118. The topological polar surface area (TPSA) is 175 Å². The minimum atomic E-state index is -0.764. The first-order valence-corrected chi connectivity index (χ1v) is 20.7. The number of nitrogens with one attached hydrogen (secondary N) is 2. The van der Waals surface area contributed by atoms with Gasteiger partial charge >= 0.3 is 0 Å². The number of unbranched alkanes of at least 4 members (excludes halogenated alkanes) is 6. The average Bonchev–Trinajstić information content (AvgIpc) is 3.80. The highest BCUT2D eigenvalue weighted by molar-refractivity contribution is 5.01. The largest absolute Gasteiger partial charge is 0.389 e. The Morgan fingerprint density at radius 3 is 1.18 bits per heavy atom. The highest BCUT2D eigenvalue weighted by Gasteiger charge is 2.62. The van der Waals surface area contributed by atoms with E-state index in [1.54, 1.807) is 0 Å². The minimum Gasteiger partial charge on any atom is -0.389 e. The molecular weight excluding hydrogens is 720 g/mol. The summed E-state index contributed by atoms with van der Waals surface area (Å²) in [6.45, 7) is 18.5. The fourth-order valence-electron chi connectivity index (χ4n) is 8.33. The van der Waals surface area contributed by atoms with Gasteiger partial charge in [0.05, 0.1) is 38.6 Å². The summed E-state index contributed by atoms with van der Waals surface area (Å²) in [6, 6.07) is 0. The van der Waals surface area contributed by atoms with Gasteiger partial charge in [-0.1, -0.05) is 32.1 Å². The van der Waals surface area contributed by atoms with Crippen LogP contribution < -0.4 is 10.6 Å². The van der Waals surface area contributed by atoms with E-state index in [1.165, 1.54) is 19.3 Å². The zero-order valence-electron chi connectivity index (χ0n) is 34.3. The van der Waals surface area contributed by atoms with Crippen molar-refractivity contribution in [2.24, 2.45) is 0 Å². The predicted octanol–water partition coefficient (Wildman–Crippen LogP) is 2.44. The van der Waals surface area contributed by atoms with E-state index < -0.39 is 60.1 Å². The maximum Gasteiger partial charge on any atom is 0.190 e. The van der Waals surface area contributed by atoms with Crippen LogP contribution in [0.3, 0.4) is 0 Å². The molecule has 55 heavy (non-hydrogen) atoms. The van der Waals surface area contributed by atoms with Gasteiger partial charge in [-0.25, -0.2) is 0 Å². The van der Waals surface area contributed by atoms with E-state index in [0.717, 1.165) is 38.8 Å². The van der Waals surface area contributed by atoms with Crippen molar-refractivity contribution in [3.8, 4) is 0 Å². The maximum absolute atomic E-state index is 10.5. The Morgan fingerprint density at radius 1 is 0.455 bits per heavy atom. The fourth-order valence-corrected chi connectivity index (χ4v) is 8.33. The molecule has 0 aromatic heterocycles. The first-order valence-electron chi connectivity index (χ1n) is 20.7. The smallest absolute Gasteiger partial charge is 0.190 e. The van der Waals surface area contributed by atoms with E-state index in [0.29, 0.717) is 13.1 Å². The second kappa shape index (κ2) is 18.7. The third-order valence-corrected chi connectivity index (χ3v) is 10.7. The Labute approximate surface area is 327 Å². The highest BCUT2D eigenvalue weighted by Crippen LogP contribution is 2.45. The van der Waals surface area contributed by atoms with E-state index in [9.17, 15) is 10.2 Å². The Hall–Kier alpha value is -0.640. The summed E-state index contributed by atoms with van der Waals surface area (Å²) in [5.74, 6) is -3.04. The monoisotopic (exact) mass is 790 g/mol. The third kappa shape index (κ3) is 12.2. The number of aliphatic hydroxyl groups excluding tert-OH is 2. The number of rotatable bonds is 22. The van der Waals surface area contributed by atoms with Crippen LogP contribution in [0.1, 0.15) is 100 Å². The number of fused-ring (bicyclic) bond motifs is 6. The Kier molecular flexibility index (Phi) is 15.0. The first kappa shape index (κ1) is 43.9. The van der Waals surface area contributed by atoms with Crippen molar-refractivity contribution in [2.45, 2.75) is 197 Å². The second-order valence-electron chi connectivity index (χ2n) is 17.7. The minimum absolute atomic E-state index is 0.195. The van der Waals surface area contributed by atoms with Crippen LogP contribution in [0.15, 0.2) is 0 Å². The molecule has 0 aromatic rings. The van der Waals surface area contributed by atoms with Gasteiger partial charge in [0, 0.05) is 13.1 Å². The normalized spacial score (nSPS) is 37.6. The van der Waals surface area contributed by atoms with Crippen LogP contribution in [-0.4, -0.2) is 160 Å². The van der Waals surface area contributed by atoms with Crippen molar-refractivity contribution in [3.63, 3.8) is 0 Å². The summed E-state index contributed by atoms with van der Waals surface area (Å²) < 4.78 is 72.6. The number of hydrogen-bond acceptors (Lipinski definition) is 16. The van der Waals surface area contributed by atoms with Crippen LogP contribution in [0, 0.1) is 0 Å². The van der Waals surface area contributed by atoms with E-state index in [-0.39, 0.29) is 63.1 Å². The number of aliphatic hydroxyl groups is 2. The summed E-state index contributed by atoms with van der Waals surface area (Å²) >= 11 is 0. The van der Waals surface area contributed by atoms with Gasteiger partial charge in [0.2, 0.25) is 0 Å². The van der Waals surface area contributed by atoms with Crippen molar-refractivity contribution < 1.29 is 67.1 Å².